The number of halogens is 4. The molecule has 0 aromatic carbocycles. The lowest BCUT2D eigenvalue weighted by Crippen LogP contribution is -2.60. The second-order valence-electron chi connectivity index (χ2n) is 7.37. The monoisotopic (exact) mass is 407 g/mol. The van der Waals surface area contributed by atoms with Gasteiger partial charge in [-0.1, -0.05) is 11.6 Å². The van der Waals surface area contributed by atoms with Gasteiger partial charge in [-0.3, -0.25) is 9.59 Å². The molecule has 1 saturated heterocycles. The zero-order valence-corrected chi connectivity index (χ0v) is 15.5. The fourth-order valence-corrected chi connectivity index (χ4v) is 5.76. The Morgan fingerprint density at radius 3 is 2.69 bits per heavy atom. The highest BCUT2D eigenvalue weighted by Gasteiger charge is 2.57. The molecule has 142 valence electrons. The normalized spacial score (nSPS) is 32.0. The van der Waals surface area contributed by atoms with E-state index in [0.717, 1.165) is 17.7 Å². The molecule has 26 heavy (non-hydrogen) atoms. The molecule has 4 nitrogen and oxygen atoms in total. The lowest BCUT2D eigenvalue weighted by atomic mass is 9.77. The van der Waals surface area contributed by atoms with Crippen LogP contribution in [0, 0.1) is 5.92 Å². The number of likely N-dealkylation sites (tertiary alicyclic amines) is 1. The highest BCUT2D eigenvalue weighted by molar-refractivity contribution is 7.16. The van der Waals surface area contributed by atoms with Crippen molar-refractivity contribution in [1.82, 2.24) is 4.90 Å². The summed E-state index contributed by atoms with van der Waals surface area (Å²) < 4.78 is 45.7. The van der Waals surface area contributed by atoms with Crippen molar-refractivity contribution < 1.29 is 27.5 Å². The molecule has 3 unspecified atom stereocenters. The summed E-state index contributed by atoms with van der Waals surface area (Å²) in [6.07, 6.45) is -2.82. The summed E-state index contributed by atoms with van der Waals surface area (Å²) in [6.45, 7) is 1.51. The third kappa shape index (κ3) is 2.86. The maximum Gasteiger partial charge on any atom is 0.471 e. The summed E-state index contributed by atoms with van der Waals surface area (Å²) in [5.74, 6) is -1.91. The van der Waals surface area contributed by atoms with Crippen LogP contribution in [0.4, 0.5) is 13.2 Å². The quantitative estimate of drug-likeness (QED) is 0.702. The van der Waals surface area contributed by atoms with E-state index in [1.165, 1.54) is 11.3 Å². The number of alkyl halides is 3. The summed E-state index contributed by atoms with van der Waals surface area (Å²) >= 11 is 7.35. The van der Waals surface area contributed by atoms with Crippen molar-refractivity contribution in [2.24, 2.45) is 5.92 Å². The van der Waals surface area contributed by atoms with E-state index >= 15 is 0 Å². The van der Waals surface area contributed by atoms with Gasteiger partial charge >= 0.3 is 12.1 Å². The second kappa shape index (κ2) is 5.94. The van der Waals surface area contributed by atoms with Gasteiger partial charge in [0.25, 0.3) is 0 Å². The fourth-order valence-electron chi connectivity index (χ4n) is 4.35. The van der Waals surface area contributed by atoms with E-state index in [1.54, 1.807) is 13.0 Å². The molecule has 4 rings (SSSR count). The number of ketones is 1. The number of thiophene rings is 1. The van der Waals surface area contributed by atoms with E-state index in [0.29, 0.717) is 14.8 Å². The zero-order valence-electron chi connectivity index (χ0n) is 13.9. The summed E-state index contributed by atoms with van der Waals surface area (Å²) in [4.78, 5) is 25.9. The molecule has 0 bridgehead atoms. The minimum Gasteiger partial charge on any atom is -0.361 e. The number of hydrogen-bond donors (Lipinski definition) is 0. The van der Waals surface area contributed by atoms with Crippen LogP contribution < -0.4 is 0 Å². The van der Waals surface area contributed by atoms with Crippen LogP contribution in [0.2, 0.25) is 4.34 Å². The van der Waals surface area contributed by atoms with Gasteiger partial charge in [0.15, 0.2) is 5.78 Å². The van der Waals surface area contributed by atoms with E-state index < -0.39 is 29.8 Å². The van der Waals surface area contributed by atoms with E-state index in [9.17, 15) is 22.8 Å². The first-order valence-electron chi connectivity index (χ1n) is 8.49. The average molecular weight is 408 g/mol. The SMILES string of the molecule is CC1CC2(CC(C3CC3)N1C(=O)C(F)(F)F)OCC(=O)c1cc(Cl)sc12. The van der Waals surface area contributed by atoms with Gasteiger partial charge in [-0.05, 0) is 31.7 Å². The Morgan fingerprint density at radius 2 is 2.08 bits per heavy atom. The Kier molecular flexibility index (Phi) is 4.17. The van der Waals surface area contributed by atoms with Crippen LogP contribution in [0.15, 0.2) is 6.07 Å². The zero-order chi connectivity index (χ0) is 18.9. The van der Waals surface area contributed by atoms with Crippen molar-refractivity contribution in [1.29, 1.82) is 0 Å². The van der Waals surface area contributed by atoms with E-state index in [2.05, 4.69) is 0 Å². The molecule has 0 radical (unpaired) electrons. The predicted molar refractivity (Wildman–Crippen MR) is 89.4 cm³/mol. The molecular weight excluding hydrogens is 391 g/mol. The number of rotatable bonds is 1. The number of nitrogens with zero attached hydrogens (tertiary/aromatic N) is 1. The van der Waals surface area contributed by atoms with Crippen LogP contribution in [0.3, 0.4) is 0 Å². The first-order chi connectivity index (χ1) is 12.1. The number of amides is 1. The minimum atomic E-state index is -4.90. The van der Waals surface area contributed by atoms with Crippen molar-refractivity contribution in [2.75, 3.05) is 6.61 Å². The van der Waals surface area contributed by atoms with Crippen molar-refractivity contribution in [3.8, 4) is 0 Å². The lowest BCUT2D eigenvalue weighted by Gasteiger charge is -2.51. The Balaban J connectivity index is 1.73. The highest BCUT2D eigenvalue weighted by atomic mass is 35.5. The van der Waals surface area contributed by atoms with E-state index in [1.807, 2.05) is 0 Å². The molecule has 0 N–H and O–H groups in total. The standard InChI is InChI=1S/C17H17ClF3NO3S/c1-8-5-16(14-10(4-13(18)26-14)12(23)7-25-16)6-11(9-2-3-9)22(8)15(24)17(19,20)21/h4,8-9,11H,2-3,5-7H2,1H3. The molecule has 3 aliphatic rings. The molecule has 9 heteroatoms. The van der Waals surface area contributed by atoms with Crippen LogP contribution in [0.5, 0.6) is 0 Å². The van der Waals surface area contributed by atoms with Gasteiger partial charge in [0.1, 0.15) is 12.2 Å². The molecule has 1 amide bonds. The van der Waals surface area contributed by atoms with Gasteiger partial charge in [-0.15, -0.1) is 11.3 Å². The molecule has 1 aromatic heterocycles. The smallest absolute Gasteiger partial charge is 0.361 e. The summed E-state index contributed by atoms with van der Waals surface area (Å²) in [5.41, 5.74) is -0.348. The molecule has 2 aliphatic heterocycles. The highest BCUT2D eigenvalue weighted by Crippen LogP contribution is 2.53. The van der Waals surface area contributed by atoms with Gasteiger partial charge in [-0.25, -0.2) is 0 Å². The maximum atomic E-state index is 13.1. The number of ether oxygens (including phenoxy) is 1. The van der Waals surface area contributed by atoms with Crippen LogP contribution in [-0.4, -0.2) is 41.5 Å². The molecule has 1 saturated carbocycles. The first-order valence-corrected chi connectivity index (χ1v) is 9.68. The van der Waals surface area contributed by atoms with Gasteiger partial charge < -0.3 is 9.64 Å². The summed E-state index contributed by atoms with van der Waals surface area (Å²) in [5, 5.41) is 0. The summed E-state index contributed by atoms with van der Waals surface area (Å²) in [6, 6.07) is 0.415. The molecule has 2 fully saturated rings. The van der Waals surface area contributed by atoms with Crippen LogP contribution >= 0.6 is 22.9 Å². The number of Topliss-reactive ketones (excluding diaryl/α,β-unsaturated/α-hetero) is 1. The van der Waals surface area contributed by atoms with Gasteiger partial charge in [0.2, 0.25) is 0 Å². The van der Waals surface area contributed by atoms with Crippen LogP contribution in [-0.2, 0) is 15.1 Å². The minimum absolute atomic E-state index is 0.0426. The average Bonchev–Trinajstić information content (AvgIpc) is 3.31. The predicted octanol–water partition coefficient (Wildman–Crippen LogP) is 4.16. The number of carbonyl (C=O) groups excluding carboxylic acids is 2. The largest absolute Gasteiger partial charge is 0.471 e. The molecular formula is C17H17ClF3NO3S. The topological polar surface area (TPSA) is 46.6 Å². The molecule has 3 atom stereocenters. The number of carbonyl (C=O) groups is 2. The molecule has 1 spiro atoms. The first kappa shape index (κ1) is 18.3. The van der Waals surface area contributed by atoms with Crippen molar-refractivity contribution in [3.63, 3.8) is 0 Å². The third-order valence-electron chi connectivity index (χ3n) is 5.54. The molecule has 1 aromatic rings. The Morgan fingerprint density at radius 1 is 1.38 bits per heavy atom. The summed E-state index contributed by atoms with van der Waals surface area (Å²) in [7, 11) is 0. The number of hydrogen-bond acceptors (Lipinski definition) is 4. The Bertz CT molecular complexity index is 776. The van der Waals surface area contributed by atoms with E-state index in [4.69, 9.17) is 16.3 Å². The number of piperidine rings is 1. The Hall–Kier alpha value is -1.12. The van der Waals surface area contributed by atoms with Gasteiger partial charge in [-0.2, -0.15) is 13.2 Å². The second-order valence-corrected chi connectivity index (χ2v) is 9.06. The van der Waals surface area contributed by atoms with Crippen LogP contribution in [0.1, 0.15) is 47.8 Å². The van der Waals surface area contributed by atoms with Crippen molar-refractivity contribution in [2.45, 2.75) is 56.5 Å². The third-order valence-corrected chi connectivity index (χ3v) is 6.98. The van der Waals surface area contributed by atoms with Crippen molar-refractivity contribution >= 4 is 34.6 Å². The fraction of sp³-hybridized carbons (Fsp3) is 0.647. The number of fused-ring (bicyclic) bond motifs is 2. The van der Waals surface area contributed by atoms with Crippen LogP contribution in [0.25, 0.3) is 0 Å². The van der Waals surface area contributed by atoms with E-state index in [-0.39, 0.29) is 31.1 Å². The van der Waals surface area contributed by atoms with Crippen molar-refractivity contribution in [3.05, 3.63) is 20.8 Å². The maximum absolute atomic E-state index is 13.1. The van der Waals surface area contributed by atoms with Gasteiger partial charge in [0.05, 0.1) is 4.34 Å². The lowest BCUT2D eigenvalue weighted by molar-refractivity contribution is -0.200. The Labute approximate surface area is 157 Å². The molecule has 3 heterocycles. The molecule has 1 aliphatic carbocycles. The van der Waals surface area contributed by atoms with Gasteiger partial charge in [0, 0.05) is 35.4 Å².